The normalized spacial score (nSPS) is 25.1. The van der Waals surface area contributed by atoms with Crippen LogP contribution in [0, 0.1) is 12.8 Å². The molecule has 2 bridgehead atoms. The molecule has 16 heteroatoms. The Morgan fingerprint density at radius 3 is 2.47 bits per heavy atom. The molecular weight excluding hydrogens is 766 g/mol. The summed E-state index contributed by atoms with van der Waals surface area (Å²) >= 11 is 0. The van der Waals surface area contributed by atoms with E-state index in [2.05, 4.69) is 10.00 Å². The van der Waals surface area contributed by atoms with Crippen molar-refractivity contribution in [2.45, 2.75) is 92.5 Å². The van der Waals surface area contributed by atoms with Crippen LogP contribution in [0.25, 0.3) is 16.9 Å². The molecule has 1 spiro atoms. The number of alkyl halides is 3. The fourth-order valence-electron chi connectivity index (χ4n) is 9.40. The highest BCUT2D eigenvalue weighted by molar-refractivity contribution is 7.90. The van der Waals surface area contributed by atoms with E-state index in [0.29, 0.717) is 42.9 Å². The van der Waals surface area contributed by atoms with E-state index in [9.17, 15) is 41.1 Å². The van der Waals surface area contributed by atoms with Gasteiger partial charge >= 0.3 is 12.1 Å². The molecule has 4 aromatic rings. The van der Waals surface area contributed by atoms with Crippen LogP contribution >= 0.6 is 0 Å². The molecule has 12 nitrogen and oxygen atoms in total. The van der Waals surface area contributed by atoms with Gasteiger partial charge in [0.25, 0.3) is 10.0 Å². The third kappa shape index (κ3) is 6.23. The van der Waals surface area contributed by atoms with Crippen LogP contribution in [0.5, 0.6) is 11.5 Å². The fourth-order valence-corrected chi connectivity index (χ4v) is 10.4. The van der Waals surface area contributed by atoms with Gasteiger partial charge in [-0.3, -0.25) is 19.3 Å². The van der Waals surface area contributed by atoms with Crippen LogP contribution in [0.4, 0.5) is 13.2 Å². The number of hydrogen-bond acceptors (Lipinski definition) is 10. The number of piperidine rings is 1. The summed E-state index contributed by atoms with van der Waals surface area (Å²) in [6, 6.07) is 15.8. The number of amides is 1. The smallest absolute Gasteiger partial charge is 0.435 e. The van der Waals surface area contributed by atoms with Crippen LogP contribution in [-0.2, 0) is 42.4 Å². The Kier molecular flexibility index (Phi) is 8.72. The number of nitrogens with one attached hydrogen (secondary N) is 1. The minimum atomic E-state index is -4.72. The van der Waals surface area contributed by atoms with Gasteiger partial charge in [-0.2, -0.15) is 18.3 Å². The quantitative estimate of drug-likeness (QED) is 0.162. The largest absolute Gasteiger partial charge is 0.477 e. The molecule has 3 aromatic carbocycles. The van der Waals surface area contributed by atoms with E-state index in [1.165, 1.54) is 25.0 Å². The molecule has 3 fully saturated rings. The predicted molar refractivity (Wildman–Crippen MR) is 197 cm³/mol. The zero-order chi connectivity index (χ0) is 40.1. The molecule has 9 rings (SSSR count). The Morgan fingerprint density at radius 1 is 1.04 bits per heavy atom. The number of benzene rings is 3. The molecule has 1 unspecified atom stereocenters. The van der Waals surface area contributed by atoms with Crippen LogP contribution in [-0.4, -0.2) is 76.7 Å². The number of aromatic nitrogens is 2. The second-order valence-electron chi connectivity index (χ2n) is 15.9. The minimum Gasteiger partial charge on any atom is -0.477 e. The highest BCUT2D eigenvalue weighted by Gasteiger charge is 2.73. The average molecular weight is 805 g/mol. The Labute approximate surface area is 326 Å². The number of likely N-dealkylation sites (tertiary alicyclic amines) is 1. The predicted octanol–water partition coefficient (Wildman–Crippen LogP) is 5.19. The number of aliphatic hydroxyl groups is 1. The molecule has 1 aromatic heterocycles. The first-order valence-corrected chi connectivity index (χ1v) is 20.5. The van der Waals surface area contributed by atoms with E-state index in [-0.39, 0.29) is 46.0 Å². The SMILES string of the molecule is Cc1ccc(-c2cc(C(F)(F)F)nn2-c2ccc(S(=O)(=O)NC(=O)CCC(=O)Oc3ccc4c5c3OC3C(=O)CC[C@@]6(O)[C@@H](C4)N(CC4CC4)CC[C@]536)cc2)cc1. The number of ketones is 1. The molecule has 1 amide bonds. The summed E-state index contributed by atoms with van der Waals surface area (Å²) in [6.45, 7) is 3.47. The summed E-state index contributed by atoms with van der Waals surface area (Å²) in [7, 11) is -4.44. The first kappa shape index (κ1) is 37.5. The number of hydrogen-bond donors (Lipinski definition) is 2. The van der Waals surface area contributed by atoms with Crippen molar-refractivity contribution >= 4 is 27.7 Å². The molecule has 2 saturated carbocycles. The number of aryl methyl sites for hydroxylation is 1. The molecule has 3 aliphatic carbocycles. The zero-order valence-electron chi connectivity index (χ0n) is 30.8. The van der Waals surface area contributed by atoms with Gasteiger partial charge in [0.2, 0.25) is 5.91 Å². The van der Waals surface area contributed by atoms with Gasteiger partial charge in [-0.1, -0.05) is 35.9 Å². The first-order chi connectivity index (χ1) is 27.1. The van der Waals surface area contributed by atoms with Crippen molar-refractivity contribution in [3.8, 4) is 28.4 Å². The number of halogens is 3. The Hall–Kier alpha value is -5.06. The van der Waals surface area contributed by atoms with Gasteiger partial charge in [-0.25, -0.2) is 17.8 Å². The topological polar surface area (TPSA) is 157 Å². The van der Waals surface area contributed by atoms with E-state index in [1.807, 2.05) is 17.7 Å². The molecule has 4 atom stereocenters. The van der Waals surface area contributed by atoms with E-state index in [4.69, 9.17) is 9.47 Å². The van der Waals surface area contributed by atoms with Gasteiger partial charge in [-0.15, -0.1) is 0 Å². The molecule has 5 aliphatic rings. The minimum absolute atomic E-state index is 0.0646. The van der Waals surface area contributed by atoms with E-state index < -0.39 is 63.7 Å². The first-order valence-electron chi connectivity index (χ1n) is 19.0. The van der Waals surface area contributed by atoms with Crippen LogP contribution in [0.1, 0.15) is 67.3 Å². The summed E-state index contributed by atoms with van der Waals surface area (Å²) in [5.74, 6) is -0.989. The third-order valence-electron chi connectivity index (χ3n) is 12.3. The van der Waals surface area contributed by atoms with Crippen molar-refractivity contribution in [3.05, 3.63) is 89.1 Å². The number of rotatable bonds is 10. The summed E-state index contributed by atoms with van der Waals surface area (Å²) in [4.78, 5) is 41.3. The molecule has 57 heavy (non-hydrogen) atoms. The van der Waals surface area contributed by atoms with E-state index >= 15 is 0 Å². The highest BCUT2D eigenvalue weighted by Crippen LogP contribution is 2.65. The molecule has 0 radical (unpaired) electrons. The van der Waals surface area contributed by atoms with Crippen LogP contribution in [0.3, 0.4) is 0 Å². The Morgan fingerprint density at radius 2 is 1.77 bits per heavy atom. The summed E-state index contributed by atoms with van der Waals surface area (Å²) < 4.78 is 82.2. The lowest BCUT2D eigenvalue weighted by Crippen LogP contribution is -2.76. The van der Waals surface area contributed by atoms with Gasteiger partial charge in [0, 0.05) is 36.6 Å². The van der Waals surface area contributed by atoms with Crippen molar-refractivity contribution in [1.29, 1.82) is 0 Å². The van der Waals surface area contributed by atoms with Crippen molar-refractivity contribution in [2.75, 3.05) is 13.1 Å². The monoisotopic (exact) mass is 804 g/mol. The lowest BCUT2D eigenvalue weighted by molar-refractivity contribution is -0.188. The number of carbonyl (C=O) groups is 3. The van der Waals surface area contributed by atoms with Crippen LogP contribution in [0.2, 0.25) is 0 Å². The number of sulfonamides is 1. The molecule has 298 valence electrons. The van der Waals surface area contributed by atoms with E-state index in [1.54, 1.807) is 30.3 Å². The van der Waals surface area contributed by atoms with Gasteiger partial charge in [0.15, 0.2) is 29.1 Å². The maximum atomic E-state index is 13.6. The fraction of sp³-hybridized carbons (Fsp3) is 0.415. The molecule has 2 N–H and O–H groups in total. The number of Topliss-reactive ketones (excluding diaryl/α,β-unsaturated/α-hetero) is 1. The second-order valence-corrected chi connectivity index (χ2v) is 17.6. The number of ether oxygens (including phenoxy) is 2. The summed E-state index contributed by atoms with van der Waals surface area (Å²) in [6.07, 6.45) is -2.71. The maximum Gasteiger partial charge on any atom is 0.435 e. The highest BCUT2D eigenvalue weighted by atomic mass is 32.2. The number of nitrogens with zero attached hydrogens (tertiary/aromatic N) is 3. The van der Waals surface area contributed by atoms with Crippen LogP contribution in [0.15, 0.2) is 71.6 Å². The average Bonchev–Trinajstić information content (AvgIpc) is 3.73. The van der Waals surface area contributed by atoms with Gasteiger partial charge in [-0.05, 0) is 93.5 Å². The lowest BCUT2D eigenvalue weighted by atomic mass is 9.49. The molecule has 1 saturated heterocycles. The van der Waals surface area contributed by atoms with Gasteiger partial charge in [0.1, 0.15) is 0 Å². The van der Waals surface area contributed by atoms with Crippen molar-refractivity contribution in [3.63, 3.8) is 0 Å². The summed E-state index contributed by atoms with van der Waals surface area (Å²) in [5, 5.41) is 16.2. The molecular formula is C41H39F3N4O8S. The summed E-state index contributed by atoms with van der Waals surface area (Å²) in [5.41, 5.74) is 0.0400. The maximum absolute atomic E-state index is 13.6. The number of esters is 1. The Bertz CT molecular complexity index is 2430. The van der Waals surface area contributed by atoms with Crippen molar-refractivity contribution < 1.29 is 50.6 Å². The van der Waals surface area contributed by atoms with Crippen molar-refractivity contribution in [2.24, 2.45) is 5.92 Å². The zero-order valence-corrected chi connectivity index (χ0v) is 31.7. The third-order valence-corrected chi connectivity index (χ3v) is 13.7. The second kappa shape index (κ2) is 13.2. The van der Waals surface area contributed by atoms with Crippen LogP contribution < -0.4 is 14.2 Å². The molecule has 2 aliphatic heterocycles. The van der Waals surface area contributed by atoms with Gasteiger partial charge < -0.3 is 14.6 Å². The molecule has 3 heterocycles. The Balaban J connectivity index is 0.876. The standard InChI is InChI=1S/C41H39F3N4O8S/c1-23-2-6-25(7-3-23)29-21-32(41(42,43)44)45-48(29)27-9-11-28(12-10-27)57(53,54)46-34(50)14-15-35(51)55-31-13-8-26-20-33-40(52)17-16-30(49)38-39(40,36(26)37(31)56-38)18-19-47(33)22-24-4-5-24/h2-3,6-13,21,24,33,38,52H,4-5,14-20,22H2,1H3,(H,46,50)/t33-,38?,39+,40-/m1/s1. The van der Waals surface area contributed by atoms with Gasteiger partial charge in [0.05, 0.1) is 33.7 Å². The van der Waals surface area contributed by atoms with E-state index in [0.717, 1.165) is 40.6 Å². The number of carbonyl (C=O) groups excluding carboxylic acids is 3. The lowest BCUT2D eigenvalue weighted by Gasteiger charge is -2.62. The van der Waals surface area contributed by atoms with Crippen molar-refractivity contribution in [1.82, 2.24) is 19.4 Å².